The van der Waals surface area contributed by atoms with E-state index in [9.17, 15) is 14.7 Å². The number of fused-ring (bicyclic) bond motifs is 1. The number of aliphatic hydroxyl groups is 1. The number of amides is 3. The predicted molar refractivity (Wildman–Crippen MR) is 123 cm³/mol. The van der Waals surface area contributed by atoms with Crippen LogP contribution in [0.4, 0.5) is 4.79 Å². The fourth-order valence-corrected chi connectivity index (χ4v) is 4.79. The zero-order valence-electron chi connectivity index (χ0n) is 18.1. The number of carbonyl (C=O) groups is 2. The molecule has 3 amide bonds. The maximum absolute atomic E-state index is 12.6. The van der Waals surface area contributed by atoms with Crippen LogP contribution in [0.5, 0.6) is 0 Å². The fourth-order valence-electron chi connectivity index (χ4n) is 4.55. The summed E-state index contributed by atoms with van der Waals surface area (Å²) >= 11 is 6.27. The van der Waals surface area contributed by atoms with E-state index in [0.29, 0.717) is 23.7 Å². The van der Waals surface area contributed by atoms with Crippen molar-refractivity contribution in [3.05, 3.63) is 64.8 Å². The molecule has 3 N–H and O–H groups in total. The Kier molecular flexibility index (Phi) is 6.22. The minimum atomic E-state index is -0.755. The van der Waals surface area contributed by atoms with Gasteiger partial charge in [0.1, 0.15) is 0 Å². The van der Waals surface area contributed by atoms with Crippen molar-refractivity contribution in [1.29, 1.82) is 0 Å². The van der Waals surface area contributed by atoms with Gasteiger partial charge in [0.05, 0.1) is 17.8 Å². The summed E-state index contributed by atoms with van der Waals surface area (Å²) in [7, 11) is 0. The Labute approximate surface area is 191 Å². The van der Waals surface area contributed by atoms with Gasteiger partial charge in [-0.1, -0.05) is 43.6 Å². The van der Waals surface area contributed by atoms with Crippen molar-refractivity contribution < 1.29 is 14.7 Å². The molecule has 0 bridgehead atoms. The number of likely N-dealkylation sites (tertiary alicyclic amines) is 1. The van der Waals surface area contributed by atoms with Crippen LogP contribution in [-0.4, -0.2) is 45.2 Å². The zero-order valence-corrected chi connectivity index (χ0v) is 18.9. The van der Waals surface area contributed by atoms with Gasteiger partial charge in [0, 0.05) is 34.6 Å². The lowest BCUT2D eigenvalue weighted by atomic mass is 9.68. The maximum Gasteiger partial charge on any atom is 0.324 e. The third-order valence-corrected chi connectivity index (χ3v) is 6.85. The van der Waals surface area contributed by atoms with E-state index in [1.54, 1.807) is 41.4 Å². The van der Waals surface area contributed by atoms with Crippen LogP contribution >= 0.6 is 11.6 Å². The topological polar surface area (TPSA) is 98.3 Å². The van der Waals surface area contributed by atoms with Gasteiger partial charge in [0.25, 0.3) is 5.91 Å². The number of halogens is 1. The minimum Gasteiger partial charge on any atom is -0.388 e. The van der Waals surface area contributed by atoms with Crippen molar-refractivity contribution >= 4 is 34.4 Å². The predicted octanol–water partition coefficient (Wildman–Crippen LogP) is 4.54. The van der Waals surface area contributed by atoms with Crippen molar-refractivity contribution in [2.45, 2.75) is 32.8 Å². The number of hydrogen-bond acceptors (Lipinski definition) is 4. The normalized spacial score (nSPS) is 16.2. The third kappa shape index (κ3) is 4.36. The van der Waals surface area contributed by atoms with Crippen LogP contribution in [0.25, 0.3) is 10.9 Å². The number of H-pyrrole nitrogens is 1. The number of aliphatic hydroxyl groups excluding tert-OH is 1. The van der Waals surface area contributed by atoms with Crippen molar-refractivity contribution in [3.63, 3.8) is 0 Å². The van der Waals surface area contributed by atoms with Crippen LogP contribution in [0.3, 0.4) is 0 Å². The number of aromatic nitrogens is 2. The second kappa shape index (κ2) is 8.92. The van der Waals surface area contributed by atoms with Crippen LogP contribution in [0.2, 0.25) is 5.02 Å². The number of aromatic amines is 1. The lowest BCUT2D eigenvalue weighted by Crippen LogP contribution is -2.48. The van der Waals surface area contributed by atoms with E-state index in [1.165, 1.54) is 0 Å². The molecule has 1 atom stereocenters. The van der Waals surface area contributed by atoms with Gasteiger partial charge >= 0.3 is 6.03 Å². The maximum atomic E-state index is 12.6. The summed E-state index contributed by atoms with van der Waals surface area (Å²) in [5, 5.41) is 22.2. The summed E-state index contributed by atoms with van der Waals surface area (Å²) in [4.78, 5) is 26.5. The highest BCUT2D eigenvalue weighted by atomic mass is 35.5. The number of nitrogens with one attached hydrogen (secondary N) is 2. The average Bonchev–Trinajstić information content (AvgIpc) is 3.27. The average molecular weight is 455 g/mol. The van der Waals surface area contributed by atoms with Crippen molar-refractivity contribution in [1.82, 2.24) is 20.4 Å². The molecule has 1 saturated heterocycles. The highest BCUT2D eigenvalue weighted by Gasteiger charge is 2.40. The number of rotatable bonds is 4. The van der Waals surface area contributed by atoms with E-state index in [2.05, 4.69) is 15.5 Å². The standard InChI is InChI=1S/C24H27ClN4O3/c1-24(2,21(30)19-13-18(25)12-16-14-26-28-20(16)19)17-8-10-29(11-9-17)23(32)27-22(31)15-6-4-3-5-7-15/h3-7,12-14,17,21,30H,8-11H2,1-2H3,(H,26,28)(H,27,31,32). The van der Waals surface area contributed by atoms with Gasteiger partial charge in [-0.15, -0.1) is 0 Å². The first kappa shape index (κ1) is 22.3. The first-order chi connectivity index (χ1) is 15.3. The molecule has 8 heteroatoms. The van der Waals surface area contributed by atoms with Crippen molar-refractivity contribution in [2.24, 2.45) is 11.3 Å². The van der Waals surface area contributed by atoms with Crippen LogP contribution in [-0.2, 0) is 0 Å². The molecule has 0 radical (unpaired) electrons. The quantitative estimate of drug-likeness (QED) is 0.539. The van der Waals surface area contributed by atoms with E-state index in [4.69, 9.17) is 11.6 Å². The van der Waals surface area contributed by atoms with Crippen LogP contribution in [0.1, 0.15) is 48.7 Å². The molecule has 7 nitrogen and oxygen atoms in total. The van der Waals surface area contributed by atoms with Crippen LogP contribution in [0.15, 0.2) is 48.7 Å². The lowest BCUT2D eigenvalue weighted by molar-refractivity contribution is -0.0142. The summed E-state index contributed by atoms with van der Waals surface area (Å²) in [6.45, 7) is 5.12. The van der Waals surface area contributed by atoms with Gasteiger partial charge in [0.15, 0.2) is 0 Å². The number of hydrogen-bond donors (Lipinski definition) is 3. The lowest BCUT2D eigenvalue weighted by Gasteiger charge is -2.43. The van der Waals surface area contributed by atoms with E-state index in [-0.39, 0.29) is 11.9 Å². The fraction of sp³-hybridized carbons (Fsp3) is 0.375. The number of nitrogens with zero attached hydrogens (tertiary/aromatic N) is 2. The first-order valence-corrected chi connectivity index (χ1v) is 11.1. The molecule has 1 fully saturated rings. The smallest absolute Gasteiger partial charge is 0.324 e. The number of urea groups is 1. The molecular weight excluding hydrogens is 428 g/mol. The number of benzene rings is 2. The second-order valence-electron chi connectivity index (χ2n) is 8.94. The van der Waals surface area contributed by atoms with Gasteiger partial charge in [-0.25, -0.2) is 4.79 Å². The molecular formula is C24H27ClN4O3. The Bertz CT molecular complexity index is 1120. The molecule has 1 aliphatic rings. The molecule has 168 valence electrons. The molecule has 3 aromatic rings. The molecule has 1 aromatic heterocycles. The van der Waals surface area contributed by atoms with Gasteiger partial charge in [-0.05, 0) is 48.4 Å². The molecule has 2 aromatic carbocycles. The summed E-state index contributed by atoms with van der Waals surface area (Å²) in [5.41, 5.74) is 1.51. The molecule has 0 saturated carbocycles. The molecule has 1 aliphatic heterocycles. The SMILES string of the molecule is CC(C)(C1CCN(C(=O)NC(=O)c2ccccc2)CC1)C(O)c1cc(Cl)cc2cn[nH]c12. The van der Waals surface area contributed by atoms with Crippen LogP contribution < -0.4 is 5.32 Å². The summed E-state index contributed by atoms with van der Waals surface area (Å²) < 4.78 is 0. The van der Waals surface area contributed by atoms with E-state index >= 15 is 0 Å². The Morgan fingerprint density at radius 3 is 2.59 bits per heavy atom. The molecule has 2 heterocycles. The van der Waals surface area contributed by atoms with E-state index < -0.39 is 17.4 Å². The Hall–Kier alpha value is -2.90. The molecule has 4 rings (SSSR count). The minimum absolute atomic E-state index is 0.184. The highest BCUT2D eigenvalue weighted by Crippen LogP contribution is 2.46. The largest absolute Gasteiger partial charge is 0.388 e. The number of imide groups is 1. The van der Waals surface area contributed by atoms with Crippen molar-refractivity contribution in [2.75, 3.05) is 13.1 Å². The van der Waals surface area contributed by atoms with Crippen LogP contribution in [0, 0.1) is 11.3 Å². The number of piperidine rings is 1. The summed E-state index contributed by atoms with van der Waals surface area (Å²) in [6.07, 6.45) is 2.39. The van der Waals surface area contributed by atoms with Crippen molar-refractivity contribution in [3.8, 4) is 0 Å². The third-order valence-electron chi connectivity index (χ3n) is 6.63. The Morgan fingerprint density at radius 2 is 1.91 bits per heavy atom. The van der Waals surface area contributed by atoms with E-state index in [1.807, 2.05) is 26.0 Å². The Balaban J connectivity index is 1.41. The Morgan fingerprint density at radius 1 is 1.22 bits per heavy atom. The van der Waals surface area contributed by atoms with Gasteiger partial charge < -0.3 is 10.0 Å². The molecule has 0 aliphatic carbocycles. The summed E-state index contributed by atoms with van der Waals surface area (Å²) in [5.74, 6) is -0.221. The molecule has 32 heavy (non-hydrogen) atoms. The molecule has 0 spiro atoms. The number of carbonyl (C=O) groups excluding carboxylic acids is 2. The second-order valence-corrected chi connectivity index (χ2v) is 9.38. The zero-order chi connectivity index (χ0) is 22.9. The summed E-state index contributed by atoms with van der Waals surface area (Å²) in [6, 6.07) is 11.9. The van der Waals surface area contributed by atoms with Gasteiger partial charge in [0.2, 0.25) is 0 Å². The van der Waals surface area contributed by atoms with E-state index in [0.717, 1.165) is 29.3 Å². The molecule has 1 unspecified atom stereocenters. The van der Waals surface area contributed by atoms with Gasteiger partial charge in [-0.3, -0.25) is 15.2 Å². The van der Waals surface area contributed by atoms with Gasteiger partial charge in [-0.2, -0.15) is 5.10 Å². The highest BCUT2D eigenvalue weighted by molar-refractivity contribution is 6.31. The monoisotopic (exact) mass is 454 g/mol. The first-order valence-electron chi connectivity index (χ1n) is 10.7.